The number of ether oxygens (including phenoxy) is 1. The van der Waals surface area contributed by atoms with Crippen LogP contribution in [0.4, 0.5) is 0 Å². The van der Waals surface area contributed by atoms with E-state index in [4.69, 9.17) is 10.5 Å². The first-order valence-corrected chi connectivity index (χ1v) is 4.77. The average Bonchev–Trinajstić information content (AvgIpc) is 2.16. The highest BCUT2D eigenvalue weighted by Crippen LogP contribution is 2.24. The Morgan fingerprint density at radius 2 is 2.31 bits per heavy atom. The van der Waals surface area contributed by atoms with E-state index in [1.165, 1.54) is 0 Å². The van der Waals surface area contributed by atoms with Gasteiger partial charge in [-0.25, -0.2) is 0 Å². The molecule has 0 amide bonds. The van der Waals surface area contributed by atoms with Gasteiger partial charge in [0.05, 0.1) is 7.11 Å². The van der Waals surface area contributed by atoms with Gasteiger partial charge >= 0.3 is 0 Å². The maximum atomic E-state index is 5.36. The Bertz CT molecular complexity index is 310. The molecule has 0 spiro atoms. The summed E-state index contributed by atoms with van der Waals surface area (Å²) in [4.78, 5) is 0. The van der Waals surface area contributed by atoms with Gasteiger partial charge in [-0.1, -0.05) is 34.1 Å². The van der Waals surface area contributed by atoms with E-state index in [-0.39, 0.29) is 0 Å². The molecule has 1 rings (SSSR count). The van der Waals surface area contributed by atoms with Gasteiger partial charge in [-0.3, -0.25) is 0 Å². The van der Waals surface area contributed by atoms with Crippen LogP contribution in [-0.2, 0) is 0 Å². The fourth-order valence-electron chi connectivity index (χ4n) is 1.02. The van der Waals surface area contributed by atoms with Crippen LogP contribution in [0, 0.1) is 0 Å². The minimum atomic E-state index is 0.541. The Morgan fingerprint density at radius 3 is 2.92 bits per heavy atom. The SMILES string of the molecule is COc1cc(Br)ccc1/C=C/CN. The molecule has 0 heterocycles. The van der Waals surface area contributed by atoms with Gasteiger partial charge in [0.25, 0.3) is 0 Å². The van der Waals surface area contributed by atoms with Crippen LogP contribution >= 0.6 is 15.9 Å². The van der Waals surface area contributed by atoms with E-state index in [0.717, 1.165) is 15.8 Å². The van der Waals surface area contributed by atoms with Crippen molar-refractivity contribution >= 4 is 22.0 Å². The van der Waals surface area contributed by atoms with Crippen LogP contribution in [-0.4, -0.2) is 13.7 Å². The third-order valence-corrected chi connectivity index (χ3v) is 2.12. The molecular weight excluding hydrogens is 230 g/mol. The fourth-order valence-corrected chi connectivity index (χ4v) is 1.36. The summed E-state index contributed by atoms with van der Waals surface area (Å²) in [6, 6.07) is 5.88. The Hall–Kier alpha value is -0.800. The number of rotatable bonds is 3. The summed E-state index contributed by atoms with van der Waals surface area (Å²) in [5, 5.41) is 0. The second-order valence-electron chi connectivity index (χ2n) is 2.52. The smallest absolute Gasteiger partial charge is 0.127 e. The Kier molecular flexibility index (Phi) is 3.99. The van der Waals surface area contributed by atoms with Crippen molar-refractivity contribution in [3.63, 3.8) is 0 Å². The highest BCUT2D eigenvalue weighted by molar-refractivity contribution is 9.10. The number of hydrogen-bond donors (Lipinski definition) is 1. The van der Waals surface area contributed by atoms with Gasteiger partial charge in [0.15, 0.2) is 0 Å². The molecule has 1 aromatic carbocycles. The lowest BCUT2D eigenvalue weighted by atomic mass is 10.2. The maximum Gasteiger partial charge on any atom is 0.127 e. The predicted molar refractivity (Wildman–Crippen MR) is 58.8 cm³/mol. The van der Waals surface area contributed by atoms with Crippen molar-refractivity contribution < 1.29 is 4.74 Å². The number of halogens is 1. The van der Waals surface area contributed by atoms with E-state index in [0.29, 0.717) is 6.54 Å². The lowest BCUT2D eigenvalue weighted by Crippen LogP contribution is -1.92. The number of methoxy groups -OCH3 is 1. The van der Waals surface area contributed by atoms with E-state index >= 15 is 0 Å². The third kappa shape index (κ3) is 2.86. The molecule has 0 saturated carbocycles. The largest absolute Gasteiger partial charge is 0.496 e. The minimum absolute atomic E-state index is 0.541. The molecule has 0 aromatic heterocycles. The monoisotopic (exact) mass is 241 g/mol. The van der Waals surface area contributed by atoms with Crippen LogP contribution in [0.25, 0.3) is 6.08 Å². The lowest BCUT2D eigenvalue weighted by molar-refractivity contribution is 0.413. The number of benzene rings is 1. The van der Waals surface area contributed by atoms with Crippen LogP contribution in [0.15, 0.2) is 28.7 Å². The maximum absolute atomic E-state index is 5.36. The zero-order valence-corrected chi connectivity index (χ0v) is 9.04. The Labute approximate surface area is 86.5 Å². The molecule has 2 N–H and O–H groups in total. The molecule has 1 aromatic rings. The molecule has 0 unspecified atom stereocenters. The molecule has 0 saturated heterocycles. The molecule has 0 radical (unpaired) electrons. The molecule has 2 nitrogen and oxygen atoms in total. The Morgan fingerprint density at radius 1 is 1.54 bits per heavy atom. The number of hydrogen-bond acceptors (Lipinski definition) is 2. The predicted octanol–water partition coefficient (Wildman–Crippen LogP) is 2.43. The van der Waals surface area contributed by atoms with Crippen LogP contribution in [0.1, 0.15) is 5.56 Å². The number of nitrogens with two attached hydrogens (primary N) is 1. The summed E-state index contributed by atoms with van der Waals surface area (Å²) in [5.74, 6) is 0.846. The topological polar surface area (TPSA) is 35.2 Å². The van der Waals surface area contributed by atoms with Crippen LogP contribution in [0.2, 0.25) is 0 Å². The van der Waals surface area contributed by atoms with Crippen molar-refractivity contribution in [3.8, 4) is 5.75 Å². The Balaban J connectivity index is 2.99. The summed E-state index contributed by atoms with van der Waals surface area (Å²) in [6.45, 7) is 0.541. The van der Waals surface area contributed by atoms with E-state index in [9.17, 15) is 0 Å². The first-order valence-electron chi connectivity index (χ1n) is 3.98. The summed E-state index contributed by atoms with van der Waals surface area (Å²) >= 11 is 3.38. The lowest BCUT2D eigenvalue weighted by Gasteiger charge is -2.04. The van der Waals surface area contributed by atoms with E-state index in [1.54, 1.807) is 7.11 Å². The van der Waals surface area contributed by atoms with Crippen molar-refractivity contribution in [3.05, 3.63) is 34.3 Å². The second-order valence-corrected chi connectivity index (χ2v) is 3.44. The average molecular weight is 242 g/mol. The van der Waals surface area contributed by atoms with Crippen LogP contribution in [0.5, 0.6) is 5.75 Å². The van der Waals surface area contributed by atoms with Gasteiger partial charge in [0.1, 0.15) is 5.75 Å². The van der Waals surface area contributed by atoms with E-state index in [2.05, 4.69) is 15.9 Å². The molecule has 13 heavy (non-hydrogen) atoms. The van der Waals surface area contributed by atoms with Gasteiger partial charge in [-0.15, -0.1) is 0 Å². The third-order valence-electron chi connectivity index (χ3n) is 1.63. The van der Waals surface area contributed by atoms with Gasteiger partial charge < -0.3 is 10.5 Å². The van der Waals surface area contributed by atoms with Gasteiger partial charge in [0, 0.05) is 16.6 Å². The summed E-state index contributed by atoms with van der Waals surface area (Å²) in [6.07, 6.45) is 3.84. The van der Waals surface area contributed by atoms with Gasteiger partial charge in [0.2, 0.25) is 0 Å². The minimum Gasteiger partial charge on any atom is -0.496 e. The van der Waals surface area contributed by atoms with Crippen molar-refractivity contribution in [2.45, 2.75) is 0 Å². The van der Waals surface area contributed by atoms with E-state index in [1.807, 2.05) is 30.4 Å². The molecule has 0 bridgehead atoms. The normalized spacial score (nSPS) is 10.7. The van der Waals surface area contributed by atoms with Gasteiger partial charge in [-0.2, -0.15) is 0 Å². The molecule has 0 aliphatic carbocycles. The zero-order valence-electron chi connectivity index (χ0n) is 7.46. The zero-order chi connectivity index (χ0) is 9.68. The first-order chi connectivity index (χ1) is 6.27. The molecule has 0 atom stereocenters. The molecular formula is C10H12BrNO. The molecule has 0 fully saturated rings. The van der Waals surface area contributed by atoms with Crippen molar-refractivity contribution in [2.75, 3.05) is 13.7 Å². The highest BCUT2D eigenvalue weighted by Gasteiger charge is 1.98. The molecule has 3 heteroatoms. The van der Waals surface area contributed by atoms with E-state index < -0.39 is 0 Å². The molecule has 70 valence electrons. The molecule has 0 aliphatic rings. The summed E-state index contributed by atoms with van der Waals surface area (Å²) in [7, 11) is 1.65. The summed E-state index contributed by atoms with van der Waals surface area (Å²) < 4.78 is 6.21. The first kappa shape index (κ1) is 10.3. The van der Waals surface area contributed by atoms with Crippen molar-refractivity contribution in [2.24, 2.45) is 5.73 Å². The van der Waals surface area contributed by atoms with Crippen molar-refractivity contribution in [1.82, 2.24) is 0 Å². The van der Waals surface area contributed by atoms with Crippen molar-refractivity contribution in [1.29, 1.82) is 0 Å². The fraction of sp³-hybridized carbons (Fsp3) is 0.200. The molecule has 0 aliphatic heterocycles. The summed E-state index contributed by atoms with van der Waals surface area (Å²) in [5.41, 5.74) is 6.40. The van der Waals surface area contributed by atoms with Crippen LogP contribution in [0.3, 0.4) is 0 Å². The highest BCUT2D eigenvalue weighted by atomic mass is 79.9. The van der Waals surface area contributed by atoms with Crippen LogP contribution < -0.4 is 10.5 Å². The quantitative estimate of drug-likeness (QED) is 0.883. The second kappa shape index (κ2) is 5.04. The van der Waals surface area contributed by atoms with Gasteiger partial charge in [-0.05, 0) is 12.1 Å². The standard InChI is InChI=1S/C10H12BrNO/c1-13-10-7-9(11)5-4-8(10)3-2-6-12/h2-5,7H,6,12H2,1H3/b3-2+.